The fourth-order valence-electron chi connectivity index (χ4n) is 2.69. The monoisotopic (exact) mass is 367 g/mol. The second-order valence-electron chi connectivity index (χ2n) is 6.22. The van der Waals surface area contributed by atoms with E-state index in [2.05, 4.69) is 20.7 Å². The summed E-state index contributed by atoms with van der Waals surface area (Å²) in [6.07, 6.45) is 4.18. The molecule has 0 bridgehead atoms. The molecule has 0 saturated heterocycles. The molecule has 27 heavy (non-hydrogen) atoms. The van der Waals surface area contributed by atoms with Crippen molar-refractivity contribution in [3.8, 4) is 5.69 Å². The van der Waals surface area contributed by atoms with Crippen LogP contribution in [0, 0.1) is 5.82 Å². The number of nitrogens with zero attached hydrogens (tertiary/aromatic N) is 3. The molecule has 0 aliphatic carbocycles. The SMILES string of the molecule is CCCC(=O)Nc1ccc(CNCc2ccc(-n3cncn3)c(F)c2)cc1. The van der Waals surface area contributed by atoms with Gasteiger partial charge in [0.25, 0.3) is 0 Å². The van der Waals surface area contributed by atoms with Crippen molar-refractivity contribution in [3.05, 3.63) is 72.1 Å². The van der Waals surface area contributed by atoms with E-state index in [9.17, 15) is 9.18 Å². The fraction of sp³-hybridized carbons (Fsp3) is 0.250. The zero-order chi connectivity index (χ0) is 19.1. The first-order chi connectivity index (χ1) is 13.2. The molecule has 140 valence electrons. The Labute approximate surface area is 157 Å². The highest BCUT2D eigenvalue weighted by Gasteiger charge is 2.06. The van der Waals surface area contributed by atoms with Gasteiger partial charge in [0.2, 0.25) is 5.91 Å². The summed E-state index contributed by atoms with van der Waals surface area (Å²) in [6.45, 7) is 3.17. The second-order valence-corrected chi connectivity index (χ2v) is 6.22. The van der Waals surface area contributed by atoms with E-state index in [1.807, 2.05) is 37.3 Å². The second kappa shape index (κ2) is 9.05. The van der Waals surface area contributed by atoms with Gasteiger partial charge < -0.3 is 10.6 Å². The first-order valence-electron chi connectivity index (χ1n) is 8.88. The zero-order valence-electron chi connectivity index (χ0n) is 15.2. The Morgan fingerprint density at radius 2 is 1.85 bits per heavy atom. The number of halogens is 1. The molecule has 1 amide bonds. The normalized spacial score (nSPS) is 10.7. The number of anilines is 1. The predicted molar refractivity (Wildman–Crippen MR) is 102 cm³/mol. The van der Waals surface area contributed by atoms with E-state index >= 15 is 0 Å². The van der Waals surface area contributed by atoms with Gasteiger partial charge in [0.05, 0.1) is 0 Å². The predicted octanol–water partition coefficient (Wildman–Crippen LogP) is 3.43. The van der Waals surface area contributed by atoms with Gasteiger partial charge >= 0.3 is 0 Å². The lowest BCUT2D eigenvalue weighted by Crippen LogP contribution is -2.13. The number of benzene rings is 2. The molecule has 0 atom stereocenters. The summed E-state index contributed by atoms with van der Waals surface area (Å²) >= 11 is 0. The van der Waals surface area contributed by atoms with E-state index in [0.29, 0.717) is 25.2 Å². The molecule has 3 rings (SSSR count). The topological polar surface area (TPSA) is 71.8 Å². The highest BCUT2D eigenvalue weighted by Crippen LogP contribution is 2.14. The van der Waals surface area contributed by atoms with Crippen LogP contribution in [0.2, 0.25) is 0 Å². The number of aromatic nitrogens is 3. The van der Waals surface area contributed by atoms with Gasteiger partial charge in [-0.1, -0.05) is 25.1 Å². The summed E-state index contributed by atoms with van der Waals surface area (Å²) in [7, 11) is 0. The Hall–Kier alpha value is -3.06. The number of hydrogen-bond acceptors (Lipinski definition) is 4. The number of nitrogens with one attached hydrogen (secondary N) is 2. The minimum atomic E-state index is -0.341. The van der Waals surface area contributed by atoms with E-state index in [-0.39, 0.29) is 11.7 Å². The van der Waals surface area contributed by atoms with Crippen molar-refractivity contribution >= 4 is 11.6 Å². The average molecular weight is 367 g/mol. The fourth-order valence-corrected chi connectivity index (χ4v) is 2.69. The third-order valence-electron chi connectivity index (χ3n) is 4.05. The van der Waals surface area contributed by atoms with E-state index in [1.54, 1.807) is 6.07 Å². The molecule has 0 spiro atoms. The van der Waals surface area contributed by atoms with Crippen LogP contribution in [0.15, 0.2) is 55.1 Å². The van der Waals surface area contributed by atoms with Crippen LogP contribution >= 0.6 is 0 Å². The number of rotatable bonds is 8. The number of carbonyl (C=O) groups is 1. The van der Waals surface area contributed by atoms with E-state index < -0.39 is 0 Å². The summed E-state index contributed by atoms with van der Waals surface area (Å²) in [4.78, 5) is 15.4. The lowest BCUT2D eigenvalue weighted by Gasteiger charge is -2.09. The van der Waals surface area contributed by atoms with Crippen LogP contribution in [0.3, 0.4) is 0 Å². The first-order valence-corrected chi connectivity index (χ1v) is 8.88. The molecule has 0 aliphatic rings. The van der Waals surface area contributed by atoms with Crippen LogP contribution in [0.5, 0.6) is 0 Å². The van der Waals surface area contributed by atoms with Crippen molar-refractivity contribution < 1.29 is 9.18 Å². The molecule has 0 fully saturated rings. The molecule has 2 N–H and O–H groups in total. The van der Waals surface area contributed by atoms with Gasteiger partial charge in [-0.15, -0.1) is 0 Å². The molecular formula is C20H22FN5O. The molecular weight excluding hydrogens is 345 g/mol. The summed E-state index contributed by atoms with van der Waals surface area (Å²) < 4.78 is 15.6. The summed E-state index contributed by atoms with van der Waals surface area (Å²) in [5.74, 6) is -0.313. The number of hydrogen-bond donors (Lipinski definition) is 2. The van der Waals surface area contributed by atoms with Crippen LogP contribution in [-0.4, -0.2) is 20.7 Å². The molecule has 7 heteroatoms. The summed E-state index contributed by atoms with van der Waals surface area (Å²) in [5.41, 5.74) is 3.10. The number of carbonyl (C=O) groups excluding carboxylic acids is 1. The Bertz CT molecular complexity index is 878. The standard InChI is InChI=1S/C20H22FN5O/c1-2-3-20(27)25-17-7-4-15(5-8-17)11-22-12-16-6-9-19(18(21)10-16)26-14-23-13-24-26/h4-10,13-14,22H,2-3,11-12H2,1H3,(H,25,27). The molecule has 1 aromatic heterocycles. The maximum Gasteiger partial charge on any atom is 0.224 e. The van der Waals surface area contributed by atoms with Gasteiger partial charge in [-0.2, -0.15) is 5.10 Å². The largest absolute Gasteiger partial charge is 0.326 e. The smallest absolute Gasteiger partial charge is 0.224 e. The lowest BCUT2D eigenvalue weighted by molar-refractivity contribution is -0.116. The van der Waals surface area contributed by atoms with Crippen molar-refractivity contribution in [1.29, 1.82) is 0 Å². The van der Waals surface area contributed by atoms with Crippen molar-refractivity contribution in [2.45, 2.75) is 32.9 Å². The van der Waals surface area contributed by atoms with Crippen LogP contribution in [-0.2, 0) is 17.9 Å². The molecule has 0 aliphatic heterocycles. The van der Waals surface area contributed by atoms with Crippen LogP contribution in [0.4, 0.5) is 10.1 Å². The first kappa shape index (κ1) is 18.7. The molecule has 2 aromatic carbocycles. The molecule has 1 heterocycles. The third-order valence-corrected chi connectivity index (χ3v) is 4.05. The Kier molecular flexibility index (Phi) is 6.27. The molecule has 3 aromatic rings. The van der Waals surface area contributed by atoms with Gasteiger partial charge in [-0.3, -0.25) is 4.79 Å². The molecule has 0 saturated carbocycles. The number of amides is 1. The van der Waals surface area contributed by atoms with Crippen LogP contribution < -0.4 is 10.6 Å². The average Bonchev–Trinajstić information content (AvgIpc) is 3.18. The van der Waals surface area contributed by atoms with Gasteiger partial charge in [0.15, 0.2) is 0 Å². The highest BCUT2D eigenvalue weighted by atomic mass is 19.1. The van der Waals surface area contributed by atoms with Crippen molar-refractivity contribution in [3.63, 3.8) is 0 Å². The lowest BCUT2D eigenvalue weighted by atomic mass is 10.1. The van der Waals surface area contributed by atoms with Crippen LogP contribution in [0.25, 0.3) is 5.69 Å². The van der Waals surface area contributed by atoms with Gasteiger partial charge in [-0.25, -0.2) is 14.1 Å². The quantitative estimate of drug-likeness (QED) is 0.640. The minimum absolute atomic E-state index is 0.0275. The van der Waals surface area contributed by atoms with Gasteiger partial charge in [0, 0.05) is 25.2 Å². The van der Waals surface area contributed by atoms with Gasteiger partial charge in [0.1, 0.15) is 24.2 Å². The minimum Gasteiger partial charge on any atom is -0.326 e. The third kappa shape index (κ3) is 5.21. The maximum absolute atomic E-state index is 14.2. The Morgan fingerprint density at radius 3 is 2.52 bits per heavy atom. The van der Waals surface area contributed by atoms with E-state index in [4.69, 9.17) is 0 Å². The summed E-state index contributed by atoms with van der Waals surface area (Å²) in [5, 5.41) is 10.1. The maximum atomic E-state index is 14.2. The zero-order valence-corrected chi connectivity index (χ0v) is 15.2. The van der Waals surface area contributed by atoms with E-state index in [0.717, 1.165) is 23.2 Å². The van der Waals surface area contributed by atoms with Gasteiger partial charge in [-0.05, 0) is 41.8 Å². The molecule has 6 nitrogen and oxygen atoms in total. The van der Waals surface area contributed by atoms with Crippen LogP contribution in [0.1, 0.15) is 30.9 Å². The van der Waals surface area contributed by atoms with Crippen molar-refractivity contribution in [2.24, 2.45) is 0 Å². The molecule has 0 unspecified atom stereocenters. The van der Waals surface area contributed by atoms with Crippen molar-refractivity contribution in [2.75, 3.05) is 5.32 Å². The van der Waals surface area contributed by atoms with E-state index in [1.165, 1.54) is 23.4 Å². The highest BCUT2D eigenvalue weighted by molar-refractivity contribution is 5.90. The van der Waals surface area contributed by atoms with Crippen molar-refractivity contribution in [1.82, 2.24) is 20.1 Å². The Balaban J connectivity index is 1.51. The Morgan fingerprint density at radius 1 is 1.11 bits per heavy atom. The summed E-state index contributed by atoms with van der Waals surface area (Å²) in [6, 6.07) is 12.7. The molecule has 0 radical (unpaired) electrons.